The minimum absolute atomic E-state index is 0.532. The van der Waals surface area contributed by atoms with Gasteiger partial charge in [-0.25, -0.2) is 0 Å². The zero-order chi connectivity index (χ0) is 11.5. The molecular weight excluding hydrogens is 286 g/mol. The monoisotopic (exact) mass is 297 g/mol. The molecular formula is C12H12BrNOS. The lowest BCUT2D eigenvalue weighted by Gasteiger charge is -2.09. The van der Waals surface area contributed by atoms with E-state index in [0.29, 0.717) is 6.42 Å². The van der Waals surface area contributed by atoms with Crippen LogP contribution in [-0.2, 0) is 6.42 Å². The topological polar surface area (TPSA) is 33.1 Å². The Bertz CT molecular complexity index is 466. The summed E-state index contributed by atoms with van der Waals surface area (Å²) in [5, 5.41) is 12.0. The van der Waals surface area contributed by atoms with Crippen LogP contribution in [0.1, 0.15) is 22.2 Å². The van der Waals surface area contributed by atoms with E-state index >= 15 is 0 Å². The van der Waals surface area contributed by atoms with Gasteiger partial charge >= 0.3 is 0 Å². The molecule has 2 aromatic rings. The molecule has 16 heavy (non-hydrogen) atoms. The minimum Gasteiger partial charge on any atom is -0.386 e. The van der Waals surface area contributed by atoms with Gasteiger partial charge in [0.05, 0.1) is 5.69 Å². The van der Waals surface area contributed by atoms with Gasteiger partial charge in [0, 0.05) is 22.0 Å². The average Bonchev–Trinajstić information content (AvgIpc) is 2.65. The molecule has 0 aromatic carbocycles. The second-order valence-corrected chi connectivity index (χ2v) is 5.53. The van der Waals surface area contributed by atoms with Crippen molar-refractivity contribution in [1.82, 2.24) is 4.98 Å². The standard InChI is InChI=1S/C12H12BrNOS/c1-8-2-3-10(14-7-8)11(15)6-12-9(13)4-5-16-12/h2-5,7,11,15H,6H2,1H3. The van der Waals surface area contributed by atoms with Gasteiger partial charge in [0.25, 0.3) is 0 Å². The maximum atomic E-state index is 10.0. The largest absolute Gasteiger partial charge is 0.386 e. The zero-order valence-corrected chi connectivity index (χ0v) is 11.3. The number of nitrogens with zero attached hydrogens (tertiary/aromatic N) is 1. The molecule has 2 nitrogen and oxygen atoms in total. The van der Waals surface area contributed by atoms with Crippen molar-refractivity contribution in [2.75, 3.05) is 0 Å². The first kappa shape index (κ1) is 11.8. The lowest BCUT2D eigenvalue weighted by molar-refractivity contribution is 0.174. The van der Waals surface area contributed by atoms with Gasteiger partial charge in [-0.2, -0.15) is 0 Å². The van der Waals surface area contributed by atoms with Crippen LogP contribution in [-0.4, -0.2) is 10.1 Å². The SMILES string of the molecule is Cc1ccc(C(O)Cc2sccc2Br)nc1. The maximum Gasteiger partial charge on any atom is 0.101 e. The van der Waals surface area contributed by atoms with Crippen molar-refractivity contribution in [2.24, 2.45) is 0 Å². The van der Waals surface area contributed by atoms with E-state index in [-0.39, 0.29) is 0 Å². The van der Waals surface area contributed by atoms with E-state index in [1.807, 2.05) is 30.5 Å². The number of hydrogen-bond acceptors (Lipinski definition) is 3. The number of aliphatic hydroxyl groups excluding tert-OH is 1. The molecule has 0 aliphatic heterocycles. The first-order valence-electron chi connectivity index (χ1n) is 4.99. The third-order valence-electron chi connectivity index (χ3n) is 2.35. The fourth-order valence-electron chi connectivity index (χ4n) is 1.43. The van der Waals surface area contributed by atoms with Gasteiger partial charge in [-0.3, -0.25) is 4.98 Å². The molecule has 0 bridgehead atoms. The molecule has 1 N–H and O–H groups in total. The van der Waals surface area contributed by atoms with Crippen molar-refractivity contribution in [3.05, 3.63) is 50.4 Å². The van der Waals surface area contributed by atoms with Gasteiger partial charge < -0.3 is 5.11 Å². The Hall–Kier alpha value is -0.710. The predicted molar refractivity (Wildman–Crippen MR) is 69.7 cm³/mol. The molecule has 2 aromatic heterocycles. The Morgan fingerprint density at radius 2 is 2.25 bits per heavy atom. The first-order valence-corrected chi connectivity index (χ1v) is 6.66. The highest BCUT2D eigenvalue weighted by Crippen LogP contribution is 2.27. The second kappa shape index (κ2) is 5.08. The summed E-state index contributed by atoms with van der Waals surface area (Å²) >= 11 is 5.10. The number of thiophene rings is 1. The maximum absolute atomic E-state index is 10.0. The van der Waals surface area contributed by atoms with E-state index in [9.17, 15) is 5.11 Å². The third-order valence-corrected chi connectivity index (χ3v) is 4.29. The summed E-state index contributed by atoms with van der Waals surface area (Å²) in [5.41, 5.74) is 1.83. The normalized spacial score (nSPS) is 12.7. The summed E-state index contributed by atoms with van der Waals surface area (Å²) < 4.78 is 1.06. The Balaban J connectivity index is 2.11. The Morgan fingerprint density at radius 1 is 1.44 bits per heavy atom. The lowest BCUT2D eigenvalue weighted by atomic mass is 10.1. The lowest BCUT2D eigenvalue weighted by Crippen LogP contribution is -2.03. The molecule has 2 heterocycles. The molecule has 0 amide bonds. The van der Waals surface area contributed by atoms with E-state index in [1.165, 1.54) is 0 Å². The number of hydrogen-bond donors (Lipinski definition) is 1. The van der Waals surface area contributed by atoms with Crippen molar-refractivity contribution < 1.29 is 5.11 Å². The highest BCUT2D eigenvalue weighted by Gasteiger charge is 2.12. The molecule has 1 atom stereocenters. The molecule has 0 aliphatic rings. The van der Waals surface area contributed by atoms with Crippen LogP contribution in [0.25, 0.3) is 0 Å². The Morgan fingerprint density at radius 3 is 2.81 bits per heavy atom. The van der Waals surface area contributed by atoms with E-state index < -0.39 is 6.10 Å². The van der Waals surface area contributed by atoms with Crippen molar-refractivity contribution >= 4 is 27.3 Å². The van der Waals surface area contributed by atoms with Crippen molar-refractivity contribution in [3.63, 3.8) is 0 Å². The number of halogens is 1. The summed E-state index contributed by atoms with van der Waals surface area (Å²) in [4.78, 5) is 5.38. The molecule has 4 heteroatoms. The van der Waals surface area contributed by atoms with Gasteiger partial charge in [-0.1, -0.05) is 6.07 Å². The van der Waals surface area contributed by atoms with E-state index in [0.717, 1.165) is 20.6 Å². The fourth-order valence-corrected chi connectivity index (χ4v) is 2.98. The van der Waals surface area contributed by atoms with Gasteiger partial charge in [0.1, 0.15) is 6.10 Å². The molecule has 0 radical (unpaired) electrons. The Labute approximate surface area is 107 Å². The Kier molecular flexibility index (Phi) is 3.74. The molecule has 0 saturated heterocycles. The van der Waals surface area contributed by atoms with Crippen molar-refractivity contribution in [2.45, 2.75) is 19.4 Å². The second-order valence-electron chi connectivity index (χ2n) is 3.67. The van der Waals surface area contributed by atoms with Crippen LogP contribution in [0.5, 0.6) is 0 Å². The quantitative estimate of drug-likeness (QED) is 0.941. The molecule has 0 spiro atoms. The molecule has 1 unspecified atom stereocenters. The van der Waals surface area contributed by atoms with Crippen LogP contribution in [0.2, 0.25) is 0 Å². The number of rotatable bonds is 3. The van der Waals surface area contributed by atoms with Crippen LogP contribution >= 0.6 is 27.3 Å². The van der Waals surface area contributed by atoms with Crippen LogP contribution < -0.4 is 0 Å². The van der Waals surface area contributed by atoms with Crippen molar-refractivity contribution in [3.8, 4) is 0 Å². The fraction of sp³-hybridized carbons (Fsp3) is 0.250. The number of aryl methyl sites for hydroxylation is 1. The predicted octanol–water partition coefficient (Wildman–Crippen LogP) is 3.49. The first-order chi connectivity index (χ1) is 7.66. The highest BCUT2D eigenvalue weighted by atomic mass is 79.9. The molecule has 84 valence electrons. The summed E-state index contributed by atoms with van der Waals surface area (Å²) in [5.74, 6) is 0. The van der Waals surface area contributed by atoms with E-state index in [1.54, 1.807) is 17.5 Å². The number of aromatic nitrogens is 1. The van der Waals surface area contributed by atoms with Gasteiger partial charge in [-0.05, 0) is 45.9 Å². The van der Waals surface area contributed by atoms with E-state index in [2.05, 4.69) is 20.9 Å². The van der Waals surface area contributed by atoms with Crippen LogP contribution in [0.4, 0.5) is 0 Å². The van der Waals surface area contributed by atoms with Gasteiger partial charge in [-0.15, -0.1) is 11.3 Å². The third kappa shape index (κ3) is 2.70. The zero-order valence-electron chi connectivity index (χ0n) is 8.85. The number of aliphatic hydroxyl groups is 1. The summed E-state index contributed by atoms with van der Waals surface area (Å²) in [6.45, 7) is 1.99. The molecule has 0 saturated carbocycles. The highest BCUT2D eigenvalue weighted by molar-refractivity contribution is 9.10. The smallest absolute Gasteiger partial charge is 0.101 e. The number of pyridine rings is 1. The van der Waals surface area contributed by atoms with Crippen molar-refractivity contribution in [1.29, 1.82) is 0 Å². The van der Waals surface area contributed by atoms with E-state index in [4.69, 9.17) is 0 Å². The summed E-state index contributed by atoms with van der Waals surface area (Å²) in [6.07, 6.45) is 1.85. The summed E-state index contributed by atoms with van der Waals surface area (Å²) in [6, 6.07) is 5.84. The van der Waals surface area contributed by atoms with Crippen LogP contribution in [0.3, 0.4) is 0 Å². The molecule has 2 rings (SSSR count). The average molecular weight is 298 g/mol. The van der Waals surface area contributed by atoms with Gasteiger partial charge in [0.2, 0.25) is 0 Å². The van der Waals surface area contributed by atoms with Crippen LogP contribution in [0.15, 0.2) is 34.2 Å². The van der Waals surface area contributed by atoms with Gasteiger partial charge in [0.15, 0.2) is 0 Å². The molecule has 0 aliphatic carbocycles. The van der Waals surface area contributed by atoms with Crippen LogP contribution in [0, 0.1) is 6.92 Å². The minimum atomic E-state index is -0.532. The molecule has 0 fully saturated rings. The summed E-state index contributed by atoms with van der Waals surface area (Å²) in [7, 11) is 0.